The third kappa shape index (κ3) is 6.77. The standard InChI is InChI=1S/C20H20ClN3O3S/c1-27-13-12-22-19(26)15-7-3-5-9-17(15)23-20(28)24-18(25)11-10-14-6-2-4-8-16(14)21/h2-11H,12-13H2,1H3,(H,22,26)(H2,23,24,25,28)/b11-10+. The van der Waals surface area contributed by atoms with Crippen LogP contribution in [-0.2, 0) is 9.53 Å². The van der Waals surface area contributed by atoms with Crippen LogP contribution >= 0.6 is 23.8 Å². The number of rotatable bonds is 7. The highest BCUT2D eigenvalue weighted by atomic mass is 35.5. The molecule has 0 saturated carbocycles. The number of anilines is 1. The number of carbonyl (C=O) groups is 2. The predicted molar refractivity (Wildman–Crippen MR) is 116 cm³/mol. The molecule has 0 heterocycles. The molecule has 146 valence electrons. The topological polar surface area (TPSA) is 79.5 Å². The lowest BCUT2D eigenvalue weighted by Crippen LogP contribution is -2.34. The Bertz CT molecular complexity index is 887. The Hall–Kier alpha value is -2.74. The third-order valence-electron chi connectivity index (χ3n) is 3.57. The van der Waals surface area contributed by atoms with E-state index in [0.29, 0.717) is 29.4 Å². The van der Waals surface area contributed by atoms with Crippen molar-refractivity contribution >= 4 is 52.5 Å². The van der Waals surface area contributed by atoms with Crippen molar-refractivity contribution in [3.8, 4) is 0 Å². The maximum absolute atomic E-state index is 12.3. The molecule has 2 amide bonds. The smallest absolute Gasteiger partial charge is 0.253 e. The fraction of sp³-hybridized carbons (Fsp3) is 0.150. The average Bonchev–Trinajstić information content (AvgIpc) is 2.67. The van der Waals surface area contributed by atoms with Gasteiger partial charge in [-0.2, -0.15) is 0 Å². The van der Waals surface area contributed by atoms with Crippen molar-refractivity contribution in [2.45, 2.75) is 0 Å². The lowest BCUT2D eigenvalue weighted by atomic mass is 10.1. The molecule has 2 aromatic rings. The molecule has 0 radical (unpaired) electrons. The average molecular weight is 418 g/mol. The van der Waals surface area contributed by atoms with Gasteiger partial charge in [0.25, 0.3) is 5.91 Å². The number of para-hydroxylation sites is 1. The largest absolute Gasteiger partial charge is 0.383 e. The molecule has 0 aliphatic rings. The minimum Gasteiger partial charge on any atom is -0.383 e. The normalized spacial score (nSPS) is 10.5. The Morgan fingerprint density at radius 3 is 2.61 bits per heavy atom. The van der Waals surface area contributed by atoms with E-state index in [9.17, 15) is 9.59 Å². The SMILES string of the molecule is COCCNC(=O)c1ccccc1NC(=S)NC(=O)/C=C/c1ccccc1Cl. The molecule has 0 saturated heterocycles. The minimum absolute atomic E-state index is 0.0750. The Balaban J connectivity index is 1.96. The van der Waals surface area contributed by atoms with Gasteiger partial charge in [0.05, 0.1) is 17.9 Å². The van der Waals surface area contributed by atoms with Crippen LogP contribution in [0.3, 0.4) is 0 Å². The zero-order valence-corrected chi connectivity index (χ0v) is 16.8. The van der Waals surface area contributed by atoms with Gasteiger partial charge in [0.1, 0.15) is 0 Å². The Morgan fingerprint density at radius 2 is 1.86 bits per heavy atom. The van der Waals surface area contributed by atoms with E-state index in [1.165, 1.54) is 6.08 Å². The van der Waals surface area contributed by atoms with Crippen molar-refractivity contribution in [1.29, 1.82) is 0 Å². The number of methoxy groups -OCH3 is 1. The van der Waals surface area contributed by atoms with Gasteiger partial charge in [-0.25, -0.2) is 0 Å². The number of amides is 2. The van der Waals surface area contributed by atoms with Crippen molar-refractivity contribution < 1.29 is 14.3 Å². The summed E-state index contributed by atoms with van der Waals surface area (Å²) in [7, 11) is 1.56. The fourth-order valence-corrected chi connectivity index (χ4v) is 2.64. The highest BCUT2D eigenvalue weighted by Gasteiger charge is 2.12. The summed E-state index contributed by atoms with van der Waals surface area (Å²) in [5.41, 5.74) is 1.61. The molecule has 0 fully saturated rings. The van der Waals surface area contributed by atoms with Gasteiger partial charge in [-0.3, -0.25) is 14.9 Å². The van der Waals surface area contributed by atoms with Crippen LogP contribution in [0.5, 0.6) is 0 Å². The molecule has 6 nitrogen and oxygen atoms in total. The van der Waals surface area contributed by atoms with Gasteiger partial charge < -0.3 is 15.4 Å². The summed E-state index contributed by atoms with van der Waals surface area (Å²) >= 11 is 11.2. The highest BCUT2D eigenvalue weighted by molar-refractivity contribution is 7.80. The van der Waals surface area contributed by atoms with Crippen molar-refractivity contribution in [2.24, 2.45) is 0 Å². The van der Waals surface area contributed by atoms with Crippen molar-refractivity contribution in [3.63, 3.8) is 0 Å². The highest BCUT2D eigenvalue weighted by Crippen LogP contribution is 2.16. The summed E-state index contributed by atoms with van der Waals surface area (Å²) in [6, 6.07) is 14.0. The molecule has 0 bridgehead atoms. The third-order valence-corrected chi connectivity index (χ3v) is 4.12. The number of carbonyl (C=O) groups excluding carboxylic acids is 2. The van der Waals surface area contributed by atoms with Crippen LogP contribution in [0.1, 0.15) is 15.9 Å². The van der Waals surface area contributed by atoms with Crippen molar-refractivity contribution in [1.82, 2.24) is 10.6 Å². The van der Waals surface area contributed by atoms with Gasteiger partial charge in [-0.1, -0.05) is 41.9 Å². The molecule has 28 heavy (non-hydrogen) atoms. The van der Waals surface area contributed by atoms with Gasteiger partial charge >= 0.3 is 0 Å². The molecule has 0 aliphatic carbocycles. The Morgan fingerprint density at radius 1 is 1.14 bits per heavy atom. The lowest BCUT2D eigenvalue weighted by molar-refractivity contribution is -0.115. The van der Waals surface area contributed by atoms with Crippen LogP contribution in [-0.4, -0.2) is 37.2 Å². The maximum Gasteiger partial charge on any atom is 0.253 e. The zero-order valence-electron chi connectivity index (χ0n) is 15.2. The molecule has 2 aromatic carbocycles. The van der Waals surface area contributed by atoms with Crippen molar-refractivity contribution in [2.75, 3.05) is 25.6 Å². The molecule has 2 rings (SSSR count). The molecule has 0 unspecified atom stereocenters. The van der Waals surface area contributed by atoms with Crippen molar-refractivity contribution in [3.05, 3.63) is 70.8 Å². The summed E-state index contributed by atoms with van der Waals surface area (Å²) in [6.45, 7) is 0.797. The number of benzene rings is 2. The second-order valence-corrected chi connectivity index (χ2v) is 6.41. The molecular formula is C20H20ClN3O3S. The summed E-state index contributed by atoms with van der Waals surface area (Å²) in [5.74, 6) is -0.688. The van der Waals surface area contributed by atoms with E-state index in [0.717, 1.165) is 5.56 Å². The van der Waals surface area contributed by atoms with Gasteiger partial charge in [-0.15, -0.1) is 0 Å². The summed E-state index contributed by atoms with van der Waals surface area (Å²) in [4.78, 5) is 24.3. The van der Waals surface area contributed by atoms with Crippen LogP contribution in [0.15, 0.2) is 54.6 Å². The second kappa shape index (κ2) is 11.2. The van der Waals surface area contributed by atoms with Crippen LogP contribution in [0.4, 0.5) is 5.69 Å². The first-order chi connectivity index (χ1) is 13.5. The summed E-state index contributed by atoms with van der Waals surface area (Å²) in [5, 5.41) is 8.76. The van der Waals surface area contributed by atoms with Gasteiger partial charge in [-0.05, 0) is 42.1 Å². The number of nitrogens with one attached hydrogen (secondary N) is 3. The molecule has 3 N–H and O–H groups in total. The number of thiocarbonyl (C=S) groups is 1. The number of hydrogen-bond acceptors (Lipinski definition) is 4. The van der Waals surface area contributed by atoms with Crippen LogP contribution in [0.2, 0.25) is 5.02 Å². The lowest BCUT2D eigenvalue weighted by Gasteiger charge is -2.13. The first-order valence-corrected chi connectivity index (χ1v) is 9.20. The van der Waals surface area contributed by atoms with E-state index in [1.54, 1.807) is 49.6 Å². The molecular weight excluding hydrogens is 398 g/mol. The van der Waals surface area contributed by atoms with Crippen LogP contribution in [0, 0.1) is 0 Å². The van der Waals surface area contributed by atoms with Gasteiger partial charge in [0.2, 0.25) is 5.91 Å². The molecule has 0 aliphatic heterocycles. The Kier molecular flexibility index (Phi) is 8.61. The quantitative estimate of drug-likeness (QED) is 0.366. The second-order valence-electron chi connectivity index (χ2n) is 5.59. The van der Waals surface area contributed by atoms with Gasteiger partial charge in [0.15, 0.2) is 5.11 Å². The van der Waals surface area contributed by atoms with E-state index < -0.39 is 5.91 Å². The first kappa shape index (κ1) is 21.6. The van der Waals surface area contributed by atoms with Crippen LogP contribution in [0.25, 0.3) is 6.08 Å². The summed E-state index contributed by atoms with van der Waals surface area (Å²) < 4.78 is 4.92. The zero-order chi connectivity index (χ0) is 20.4. The number of ether oxygens (including phenoxy) is 1. The molecule has 0 spiro atoms. The molecule has 8 heteroatoms. The fourth-order valence-electron chi connectivity index (χ4n) is 2.23. The number of halogens is 1. The van der Waals surface area contributed by atoms with E-state index >= 15 is 0 Å². The van der Waals surface area contributed by atoms with E-state index in [-0.39, 0.29) is 11.0 Å². The molecule has 0 atom stereocenters. The van der Waals surface area contributed by atoms with E-state index in [1.807, 2.05) is 12.1 Å². The van der Waals surface area contributed by atoms with Crippen LogP contribution < -0.4 is 16.0 Å². The number of hydrogen-bond donors (Lipinski definition) is 3. The van der Waals surface area contributed by atoms with E-state index in [4.69, 9.17) is 28.6 Å². The molecule has 0 aromatic heterocycles. The minimum atomic E-state index is -0.417. The van der Waals surface area contributed by atoms with Gasteiger partial charge in [0, 0.05) is 24.8 Å². The predicted octanol–water partition coefficient (Wildman–Crippen LogP) is 3.24. The monoisotopic (exact) mass is 417 g/mol. The maximum atomic E-state index is 12.3. The summed E-state index contributed by atoms with van der Waals surface area (Å²) in [6.07, 6.45) is 2.93. The van der Waals surface area contributed by atoms with E-state index in [2.05, 4.69) is 16.0 Å². The Labute approximate surface area is 173 Å². The first-order valence-electron chi connectivity index (χ1n) is 8.42.